The topological polar surface area (TPSA) is 71.2 Å². The molecule has 0 aliphatic carbocycles. The molecule has 1 aromatic carbocycles. The Morgan fingerprint density at radius 2 is 2.29 bits per heavy atom. The highest BCUT2D eigenvalue weighted by molar-refractivity contribution is 5.55. The van der Waals surface area contributed by atoms with Gasteiger partial charge in [-0.3, -0.25) is 0 Å². The van der Waals surface area contributed by atoms with Gasteiger partial charge >= 0.3 is 0 Å². The molecule has 90 valence electrons. The summed E-state index contributed by atoms with van der Waals surface area (Å²) in [6.45, 7) is 2.05. The zero-order chi connectivity index (χ0) is 12.3. The molecule has 0 aliphatic heterocycles. The maximum atomic E-state index is 9.36. The van der Waals surface area contributed by atoms with E-state index in [0.29, 0.717) is 24.2 Å². The van der Waals surface area contributed by atoms with E-state index in [1.54, 1.807) is 18.2 Å². The number of likely N-dealkylation sites (N-methyl/N-ethyl adjacent to an activating group) is 1. The van der Waals surface area contributed by atoms with Gasteiger partial charge in [0.25, 0.3) is 5.89 Å². The van der Waals surface area contributed by atoms with Gasteiger partial charge in [-0.25, -0.2) is 0 Å². The van der Waals surface area contributed by atoms with Crippen molar-refractivity contribution in [3.63, 3.8) is 0 Å². The Bertz CT molecular complexity index is 496. The molecule has 0 saturated carbocycles. The van der Waals surface area contributed by atoms with E-state index in [1.165, 1.54) is 0 Å². The Morgan fingerprint density at radius 1 is 1.47 bits per heavy atom. The van der Waals surface area contributed by atoms with Gasteiger partial charge in [-0.15, -0.1) is 0 Å². The fourth-order valence-electron chi connectivity index (χ4n) is 1.47. The maximum absolute atomic E-state index is 9.36. The molecule has 2 aromatic rings. The van der Waals surface area contributed by atoms with Crippen LogP contribution in [-0.4, -0.2) is 28.3 Å². The lowest BCUT2D eigenvalue weighted by molar-refractivity contribution is 0.417. The normalized spacial score (nSPS) is 12.6. The third kappa shape index (κ3) is 2.82. The molecule has 17 heavy (non-hydrogen) atoms. The molecule has 1 unspecified atom stereocenters. The standard InChI is InChI=1S/C12H15N3O2/c1-8(13-2)6-11-14-12(17-15-11)9-4-3-5-10(16)7-9/h3-5,7-8,13,16H,6H2,1-2H3. The number of phenolic OH excluding ortho intramolecular Hbond substituents is 1. The monoisotopic (exact) mass is 233 g/mol. The van der Waals surface area contributed by atoms with Gasteiger partial charge in [0, 0.05) is 18.0 Å². The molecular formula is C12H15N3O2. The first-order valence-corrected chi connectivity index (χ1v) is 5.48. The van der Waals surface area contributed by atoms with Crippen molar-refractivity contribution in [1.82, 2.24) is 15.5 Å². The molecule has 5 heteroatoms. The van der Waals surface area contributed by atoms with Crippen LogP contribution in [0.3, 0.4) is 0 Å². The molecule has 5 nitrogen and oxygen atoms in total. The summed E-state index contributed by atoms with van der Waals surface area (Å²) in [5, 5.41) is 16.4. The van der Waals surface area contributed by atoms with E-state index in [9.17, 15) is 5.11 Å². The lowest BCUT2D eigenvalue weighted by atomic mass is 10.2. The molecule has 2 rings (SSSR count). The van der Waals surface area contributed by atoms with Crippen LogP contribution in [0, 0.1) is 0 Å². The van der Waals surface area contributed by atoms with E-state index in [1.807, 2.05) is 20.0 Å². The Balaban J connectivity index is 2.18. The summed E-state index contributed by atoms with van der Waals surface area (Å²) in [6.07, 6.45) is 0.707. The average Bonchev–Trinajstić information content (AvgIpc) is 2.77. The number of aromatic hydroxyl groups is 1. The molecule has 1 aromatic heterocycles. The highest BCUT2D eigenvalue weighted by Crippen LogP contribution is 2.21. The Kier molecular flexibility index (Phi) is 3.39. The molecule has 0 saturated heterocycles. The molecule has 0 bridgehead atoms. The van der Waals surface area contributed by atoms with Crippen molar-refractivity contribution >= 4 is 0 Å². The van der Waals surface area contributed by atoms with Crippen LogP contribution in [0.1, 0.15) is 12.7 Å². The summed E-state index contributed by atoms with van der Waals surface area (Å²) in [5.74, 6) is 1.27. The zero-order valence-electron chi connectivity index (χ0n) is 9.84. The second-order valence-corrected chi connectivity index (χ2v) is 3.96. The van der Waals surface area contributed by atoms with E-state index in [4.69, 9.17) is 4.52 Å². The predicted octanol–water partition coefficient (Wildman–Crippen LogP) is 1.59. The highest BCUT2D eigenvalue weighted by Gasteiger charge is 2.11. The summed E-state index contributed by atoms with van der Waals surface area (Å²) < 4.78 is 5.15. The second-order valence-electron chi connectivity index (χ2n) is 3.96. The summed E-state index contributed by atoms with van der Waals surface area (Å²) in [5.41, 5.74) is 0.723. The molecule has 1 heterocycles. The number of benzene rings is 1. The fourth-order valence-corrected chi connectivity index (χ4v) is 1.47. The van der Waals surface area contributed by atoms with Crippen LogP contribution in [0.2, 0.25) is 0 Å². The van der Waals surface area contributed by atoms with Crippen molar-refractivity contribution in [1.29, 1.82) is 0 Å². The van der Waals surface area contributed by atoms with E-state index in [0.717, 1.165) is 5.56 Å². The maximum Gasteiger partial charge on any atom is 0.258 e. The van der Waals surface area contributed by atoms with Gasteiger partial charge in [-0.1, -0.05) is 11.2 Å². The highest BCUT2D eigenvalue weighted by atomic mass is 16.5. The van der Waals surface area contributed by atoms with Crippen molar-refractivity contribution in [3.05, 3.63) is 30.1 Å². The number of rotatable bonds is 4. The Morgan fingerprint density at radius 3 is 3.00 bits per heavy atom. The lowest BCUT2D eigenvalue weighted by Crippen LogP contribution is -2.24. The molecule has 0 spiro atoms. The van der Waals surface area contributed by atoms with E-state index < -0.39 is 0 Å². The first-order chi connectivity index (χ1) is 8.19. The van der Waals surface area contributed by atoms with Crippen molar-refractivity contribution in [2.24, 2.45) is 0 Å². The first-order valence-electron chi connectivity index (χ1n) is 5.48. The molecule has 0 amide bonds. The number of phenols is 1. The summed E-state index contributed by atoms with van der Waals surface area (Å²) in [4.78, 5) is 4.28. The molecule has 2 N–H and O–H groups in total. The van der Waals surface area contributed by atoms with Gasteiger partial charge in [0.15, 0.2) is 5.82 Å². The quantitative estimate of drug-likeness (QED) is 0.839. The number of nitrogens with zero attached hydrogens (tertiary/aromatic N) is 2. The van der Waals surface area contributed by atoms with Gasteiger partial charge in [0.05, 0.1) is 0 Å². The fraction of sp³-hybridized carbons (Fsp3) is 0.333. The van der Waals surface area contributed by atoms with Crippen molar-refractivity contribution < 1.29 is 9.63 Å². The van der Waals surface area contributed by atoms with Gasteiger partial charge in [0.2, 0.25) is 0 Å². The molecule has 0 radical (unpaired) electrons. The lowest BCUT2D eigenvalue weighted by Gasteiger charge is -2.04. The van der Waals surface area contributed by atoms with Gasteiger partial charge in [0.1, 0.15) is 5.75 Å². The molecular weight excluding hydrogens is 218 g/mol. The summed E-state index contributed by atoms with van der Waals surface area (Å²) in [6, 6.07) is 7.05. The smallest absolute Gasteiger partial charge is 0.258 e. The van der Waals surface area contributed by atoms with Crippen LogP contribution in [0.4, 0.5) is 0 Å². The minimum absolute atomic E-state index is 0.186. The van der Waals surface area contributed by atoms with Gasteiger partial charge in [-0.2, -0.15) is 4.98 Å². The van der Waals surface area contributed by atoms with Crippen LogP contribution in [0.25, 0.3) is 11.5 Å². The van der Waals surface area contributed by atoms with Crippen molar-refractivity contribution in [3.8, 4) is 17.2 Å². The van der Waals surface area contributed by atoms with Crippen molar-refractivity contribution in [2.75, 3.05) is 7.05 Å². The minimum Gasteiger partial charge on any atom is -0.508 e. The van der Waals surface area contributed by atoms with Crippen LogP contribution >= 0.6 is 0 Å². The third-order valence-electron chi connectivity index (χ3n) is 2.54. The van der Waals surface area contributed by atoms with Crippen LogP contribution < -0.4 is 5.32 Å². The average molecular weight is 233 g/mol. The van der Waals surface area contributed by atoms with E-state index in [-0.39, 0.29) is 5.75 Å². The predicted molar refractivity (Wildman–Crippen MR) is 63.6 cm³/mol. The zero-order valence-corrected chi connectivity index (χ0v) is 9.84. The molecule has 0 aliphatic rings. The SMILES string of the molecule is CNC(C)Cc1noc(-c2cccc(O)c2)n1. The number of hydrogen-bond donors (Lipinski definition) is 2. The number of hydrogen-bond acceptors (Lipinski definition) is 5. The third-order valence-corrected chi connectivity index (χ3v) is 2.54. The van der Waals surface area contributed by atoms with E-state index >= 15 is 0 Å². The number of nitrogens with one attached hydrogen (secondary N) is 1. The largest absolute Gasteiger partial charge is 0.508 e. The van der Waals surface area contributed by atoms with Crippen molar-refractivity contribution in [2.45, 2.75) is 19.4 Å². The second kappa shape index (κ2) is 4.97. The Labute approximate surface area is 99.5 Å². The van der Waals surface area contributed by atoms with Crippen LogP contribution in [0.5, 0.6) is 5.75 Å². The molecule has 1 atom stereocenters. The first kappa shape index (κ1) is 11.6. The summed E-state index contributed by atoms with van der Waals surface area (Å²) >= 11 is 0. The minimum atomic E-state index is 0.186. The van der Waals surface area contributed by atoms with Gasteiger partial charge in [-0.05, 0) is 32.2 Å². The van der Waals surface area contributed by atoms with Crippen LogP contribution in [0.15, 0.2) is 28.8 Å². The van der Waals surface area contributed by atoms with E-state index in [2.05, 4.69) is 15.5 Å². The number of aromatic nitrogens is 2. The molecule has 0 fully saturated rings. The van der Waals surface area contributed by atoms with Gasteiger partial charge < -0.3 is 14.9 Å². The van der Waals surface area contributed by atoms with Crippen LogP contribution in [-0.2, 0) is 6.42 Å². The summed E-state index contributed by atoms with van der Waals surface area (Å²) in [7, 11) is 1.89. The Hall–Kier alpha value is -1.88.